The highest BCUT2D eigenvalue weighted by atomic mass is 16.4. The molecular formula is C15H18N2O2. The summed E-state index contributed by atoms with van der Waals surface area (Å²) in [4.78, 5) is 11.2. The number of nitrogens with zero attached hydrogens (tertiary/aromatic N) is 2. The van der Waals surface area contributed by atoms with Crippen LogP contribution in [0, 0.1) is 6.92 Å². The number of hydrogen-bond donors (Lipinski definition) is 1. The molecule has 4 heteroatoms. The highest BCUT2D eigenvalue weighted by Gasteiger charge is 2.15. The largest absolute Gasteiger partial charge is 0.478 e. The van der Waals surface area contributed by atoms with E-state index in [9.17, 15) is 9.90 Å². The van der Waals surface area contributed by atoms with Crippen molar-refractivity contribution in [3.63, 3.8) is 0 Å². The van der Waals surface area contributed by atoms with Gasteiger partial charge in [-0.05, 0) is 30.5 Å². The standard InChI is InChI=1S/C15H18N2O2/c1-4-6-14-13(9-17(3)16-14)11-7-5-8-12(10(11)2)15(18)19/h5,7-9H,4,6H2,1-3H3,(H,18,19). The van der Waals surface area contributed by atoms with E-state index in [2.05, 4.69) is 12.0 Å². The van der Waals surface area contributed by atoms with Gasteiger partial charge in [-0.2, -0.15) is 5.10 Å². The third-order valence-electron chi connectivity index (χ3n) is 3.25. The molecule has 1 N–H and O–H groups in total. The van der Waals surface area contributed by atoms with Gasteiger partial charge in [-0.15, -0.1) is 0 Å². The molecular weight excluding hydrogens is 240 g/mol. The first-order valence-electron chi connectivity index (χ1n) is 6.40. The van der Waals surface area contributed by atoms with E-state index < -0.39 is 5.97 Å². The molecule has 0 spiro atoms. The minimum atomic E-state index is -0.889. The zero-order chi connectivity index (χ0) is 14.0. The van der Waals surface area contributed by atoms with E-state index in [1.54, 1.807) is 16.8 Å². The van der Waals surface area contributed by atoms with Gasteiger partial charge in [0.15, 0.2) is 0 Å². The van der Waals surface area contributed by atoms with Crippen LogP contribution in [-0.4, -0.2) is 20.9 Å². The lowest BCUT2D eigenvalue weighted by atomic mass is 9.96. The Kier molecular flexibility index (Phi) is 3.69. The maximum absolute atomic E-state index is 11.2. The van der Waals surface area contributed by atoms with Gasteiger partial charge in [-0.3, -0.25) is 4.68 Å². The van der Waals surface area contributed by atoms with Crippen molar-refractivity contribution in [3.8, 4) is 11.1 Å². The second-order valence-electron chi connectivity index (χ2n) is 4.70. The lowest BCUT2D eigenvalue weighted by Gasteiger charge is -2.08. The first kappa shape index (κ1) is 13.3. The molecule has 0 aliphatic carbocycles. The Bertz CT molecular complexity index is 615. The van der Waals surface area contributed by atoms with Crippen molar-refractivity contribution in [3.05, 3.63) is 41.2 Å². The van der Waals surface area contributed by atoms with Crippen LogP contribution in [0.15, 0.2) is 24.4 Å². The van der Waals surface area contributed by atoms with Crippen LogP contribution in [0.4, 0.5) is 0 Å². The van der Waals surface area contributed by atoms with Crippen LogP contribution in [0.1, 0.15) is 35.0 Å². The Balaban J connectivity index is 2.59. The van der Waals surface area contributed by atoms with Gasteiger partial charge in [0.2, 0.25) is 0 Å². The lowest BCUT2D eigenvalue weighted by Crippen LogP contribution is -2.01. The molecule has 0 unspecified atom stereocenters. The molecule has 0 amide bonds. The zero-order valence-electron chi connectivity index (χ0n) is 11.5. The fourth-order valence-electron chi connectivity index (χ4n) is 2.34. The molecule has 0 fully saturated rings. The molecule has 0 radical (unpaired) electrons. The van der Waals surface area contributed by atoms with Crippen molar-refractivity contribution >= 4 is 5.97 Å². The predicted octanol–water partition coefficient (Wildman–Crippen LogP) is 3.05. The van der Waals surface area contributed by atoms with Gasteiger partial charge in [0, 0.05) is 18.8 Å². The van der Waals surface area contributed by atoms with Crippen molar-refractivity contribution < 1.29 is 9.90 Å². The summed E-state index contributed by atoms with van der Waals surface area (Å²) in [6.07, 6.45) is 3.87. The Hall–Kier alpha value is -2.10. The maximum Gasteiger partial charge on any atom is 0.335 e. The van der Waals surface area contributed by atoms with Crippen LogP contribution >= 0.6 is 0 Å². The average molecular weight is 258 g/mol. The number of carboxylic acid groups (broad SMARTS) is 1. The van der Waals surface area contributed by atoms with Gasteiger partial charge >= 0.3 is 5.97 Å². The summed E-state index contributed by atoms with van der Waals surface area (Å²) in [6, 6.07) is 5.38. The van der Waals surface area contributed by atoms with Crippen LogP contribution in [0.2, 0.25) is 0 Å². The SMILES string of the molecule is CCCc1nn(C)cc1-c1cccc(C(=O)O)c1C. The predicted molar refractivity (Wildman–Crippen MR) is 74.3 cm³/mol. The summed E-state index contributed by atoms with van der Waals surface area (Å²) in [5.74, 6) is -0.889. The van der Waals surface area contributed by atoms with E-state index in [1.807, 2.05) is 26.2 Å². The second-order valence-corrected chi connectivity index (χ2v) is 4.70. The highest BCUT2D eigenvalue weighted by Crippen LogP contribution is 2.28. The lowest BCUT2D eigenvalue weighted by molar-refractivity contribution is 0.0696. The van der Waals surface area contributed by atoms with Crippen molar-refractivity contribution in [1.29, 1.82) is 0 Å². The van der Waals surface area contributed by atoms with Gasteiger partial charge in [-0.1, -0.05) is 25.5 Å². The van der Waals surface area contributed by atoms with Crippen LogP contribution in [-0.2, 0) is 13.5 Å². The summed E-state index contributed by atoms with van der Waals surface area (Å²) in [7, 11) is 1.89. The third-order valence-corrected chi connectivity index (χ3v) is 3.25. The van der Waals surface area contributed by atoms with Crippen LogP contribution in [0.5, 0.6) is 0 Å². The summed E-state index contributed by atoms with van der Waals surface area (Å²) >= 11 is 0. The van der Waals surface area contributed by atoms with E-state index in [1.165, 1.54) is 0 Å². The van der Waals surface area contributed by atoms with Crippen molar-refractivity contribution in [1.82, 2.24) is 9.78 Å². The highest BCUT2D eigenvalue weighted by molar-refractivity contribution is 5.92. The number of benzene rings is 1. The van der Waals surface area contributed by atoms with Gasteiger partial charge in [-0.25, -0.2) is 4.79 Å². The average Bonchev–Trinajstić information content (AvgIpc) is 2.70. The van der Waals surface area contributed by atoms with E-state index in [0.29, 0.717) is 5.56 Å². The van der Waals surface area contributed by atoms with Crippen LogP contribution in [0.25, 0.3) is 11.1 Å². The minimum Gasteiger partial charge on any atom is -0.478 e. The smallest absolute Gasteiger partial charge is 0.335 e. The Labute approximate surface area is 112 Å². The van der Waals surface area contributed by atoms with Crippen LogP contribution in [0.3, 0.4) is 0 Å². The summed E-state index contributed by atoms with van der Waals surface area (Å²) in [6.45, 7) is 3.96. The van der Waals surface area contributed by atoms with Gasteiger partial charge in [0.05, 0.1) is 11.3 Å². The Morgan fingerprint density at radius 3 is 2.74 bits per heavy atom. The van der Waals surface area contributed by atoms with E-state index in [0.717, 1.165) is 35.2 Å². The van der Waals surface area contributed by atoms with E-state index in [4.69, 9.17) is 0 Å². The summed E-state index contributed by atoms with van der Waals surface area (Å²) in [5, 5.41) is 13.7. The number of carboxylic acids is 1. The molecule has 0 saturated carbocycles. The summed E-state index contributed by atoms with van der Waals surface area (Å²) < 4.78 is 1.78. The van der Waals surface area contributed by atoms with Gasteiger partial charge in [0.25, 0.3) is 0 Å². The molecule has 0 aliphatic rings. The first-order chi connectivity index (χ1) is 9.04. The number of aromatic carboxylic acids is 1. The molecule has 4 nitrogen and oxygen atoms in total. The maximum atomic E-state index is 11.2. The number of carbonyl (C=O) groups is 1. The van der Waals surface area contributed by atoms with Gasteiger partial charge < -0.3 is 5.11 Å². The molecule has 0 atom stereocenters. The number of hydrogen-bond acceptors (Lipinski definition) is 2. The third kappa shape index (κ3) is 2.52. The Morgan fingerprint density at radius 2 is 2.11 bits per heavy atom. The molecule has 2 aromatic rings. The second kappa shape index (κ2) is 5.26. The molecule has 1 heterocycles. The normalized spacial score (nSPS) is 10.7. The van der Waals surface area contributed by atoms with Gasteiger partial charge in [0.1, 0.15) is 0 Å². The monoisotopic (exact) mass is 258 g/mol. The van der Waals surface area contributed by atoms with E-state index >= 15 is 0 Å². The fraction of sp³-hybridized carbons (Fsp3) is 0.333. The minimum absolute atomic E-state index is 0.351. The molecule has 0 aliphatic heterocycles. The molecule has 0 saturated heterocycles. The van der Waals surface area contributed by atoms with Crippen molar-refractivity contribution in [2.24, 2.45) is 7.05 Å². The fourth-order valence-corrected chi connectivity index (χ4v) is 2.34. The molecule has 0 bridgehead atoms. The van der Waals surface area contributed by atoms with Crippen molar-refractivity contribution in [2.45, 2.75) is 26.7 Å². The molecule has 100 valence electrons. The zero-order valence-corrected chi connectivity index (χ0v) is 11.5. The molecule has 1 aromatic heterocycles. The molecule has 1 aromatic carbocycles. The summed E-state index contributed by atoms with van der Waals surface area (Å²) in [5.41, 5.74) is 4.15. The first-order valence-corrected chi connectivity index (χ1v) is 6.40. The van der Waals surface area contributed by atoms with Crippen molar-refractivity contribution in [2.75, 3.05) is 0 Å². The van der Waals surface area contributed by atoms with E-state index in [-0.39, 0.29) is 0 Å². The Morgan fingerprint density at radius 1 is 1.37 bits per heavy atom. The molecule has 19 heavy (non-hydrogen) atoms. The number of aromatic nitrogens is 2. The van der Waals surface area contributed by atoms with Crippen LogP contribution < -0.4 is 0 Å². The topological polar surface area (TPSA) is 55.1 Å². The quantitative estimate of drug-likeness (QED) is 0.917. The molecule has 2 rings (SSSR count). The number of aryl methyl sites for hydroxylation is 2. The number of rotatable bonds is 4.